The summed E-state index contributed by atoms with van der Waals surface area (Å²) in [6.45, 7) is 0. The number of methoxy groups -OCH3 is 3. The van der Waals surface area contributed by atoms with Gasteiger partial charge in [-0.25, -0.2) is 0 Å². The van der Waals surface area contributed by atoms with E-state index in [1.54, 1.807) is 21.3 Å². The number of hydrogen-bond acceptors (Lipinski definition) is 6. The smallest absolute Gasteiger partial charge is 0.0647 e. The van der Waals surface area contributed by atoms with Gasteiger partial charge in [0.25, 0.3) is 0 Å². The molecule has 0 saturated carbocycles. The SMILES string of the molecule is COc1c[c-]c(-c2nccc3ccccc23)cc1.COc1c[c-]c(-c2nccc3ccccc23)cc1.COc1c[c-]c(-c2nccc3ccccc23)cc1.[Ir]. The Hall–Kier alpha value is -6.40. The van der Waals surface area contributed by atoms with E-state index in [9.17, 15) is 0 Å². The molecule has 3 heterocycles. The first kappa shape index (κ1) is 38.3. The van der Waals surface area contributed by atoms with Crippen molar-refractivity contribution >= 4 is 32.3 Å². The van der Waals surface area contributed by atoms with E-state index in [0.29, 0.717) is 0 Å². The van der Waals surface area contributed by atoms with Crippen molar-refractivity contribution in [3.63, 3.8) is 0 Å². The first-order valence-electron chi connectivity index (χ1n) is 17.3. The second-order valence-corrected chi connectivity index (χ2v) is 12.1. The first-order valence-corrected chi connectivity index (χ1v) is 17.3. The molecule has 0 bridgehead atoms. The van der Waals surface area contributed by atoms with Crippen LogP contribution in [0.2, 0.25) is 0 Å². The molecule has 9 rings (SSSR count). The zero-order chi connectivity index (χ0) is 37.1. The number of aromatic nitrogens is 3. The summed E-state index contributed by atoms with van der Waals surface area (Å²) in [5.74, 6) is 2.41. The molecule has 0 amide bonds. The fourth-order valence-corrected chi connectivity index (χ4v) is 6.06. The van der Waals surface area contributed by atoms with Crippen molar-refractivity contribution in [2.75, 3.05) is 21.3 Å². The third-order valence-corrected chi connectivity index (χ3v) is 8.85. The molecule has 0 unspecified atom stereocenters. The van der Waals surface area contributed by atoms with Crippen molar-refractivity contribution in [3.05, 3.63) is 182 Å². The van der Waals surface area contributed by atoms with Crippen molar-refractivity contribution < 1.29 is 34.3 Å². The number of rotatable bonds is 6. The normalized spacial score (nSPS) is 10.3. The van der Waals surface area contributed by atoms with E-state index in [1.807, 2.05) is 128 Å². The van der Waals surface area contributed by atoms with E-state index >= 15 is 0 Å². The Balaban J connectivity index is 0.000000139. The topological polar surface area (TPSA) is 66.4 Å². The van der Waals surface area contributed by atoms with Gasteiger partial charge in [0, 0.05) is 55.9 Å². The molecule has 3 aromatic heterocycles. The van der Waals surface area contributed by atoms with Crippen LogP contribution in [0.25, 0.3) is 66.1 Å². The molecule has 0 aliphatic heterocycles. The molecule has 0 fully saturated rings. The third-order valence-electron chi connectivity index (χ3n) is 8.85. The Morgan fingerprint density at radius 3 is 0.909 bits per heavy atom. The van der Waals surface area contributed by atoms with Crippen LogP contribution in [-0.2, 0) is 20.1 Å². The van der Waals surface area contributed by atoms with Gasteiger partial charge in [0.05, 0.1) is 21.3 Å². The average Bonchev–Trinajstić information content (AvgIpc) is 3.26. The maximum absolute atomic E-state index is 5.14. The van der Waals surface area contributed by atoms with E-state index in [-0.39, 0.29) is 20.1 Å². The molecule has 0 atom stereocenters. The van der Waals surface area contributed by atoms with Gasteiger partial charge < -0.3 is 29.2 Å². The van der Waals surface area contributed by atoms with Crippen LogP contribution in [0, 0.1) is 18.2 Å². The summed E-state index contributed by atoms with van der Waals surface area (Å²) in [7, 11) is 4.96. The summed E-state index contributed by atoms with van der Waals surface area (Å²) >= 11 is 0. The third kappa shape index (κ3) is 9.05. The molecule has 0 N–H and O–H groups in total. The molecule has 9 aromatic rings. The van der Waals surface area contributed by atoms with Crippen LogP contribution in [0.5, 0.6) is 17.2 Å². The number of pyridine rings is 3. The zero-order valence-electron chi connectivity index (χ0n) is 30.5. The van der Waals surface area contributed by atoms with Gasteiger partial charge in [-0.2, -0.15) is 0 Å². The molecular weight excluding hydrogens is 859 g/mol. The van der Waals surface area contributed by atoms with Crippen LogP contribution in [0.4, 0.5) is 0 Å². The van der Waals surface area contributed by atoms with E-state index in [2.05, 4.69) is 69.5 Å². The minimum Gasteiger partial charge on any atom is -0.540 e. The molecule has 0 aliphatic carbocycles. The minimum absolute atomic E-state index is 0. The second-order valence-electron chi connectivity index (χ2n) is 12.1. The molecule has 0 spiro atoms. The quantitative estimate of drug-likeness (QED) is 0.155. The summed E-state index contributed by atoms with van der Waals surface area (Å²) in [5, 5.41) is 6.98. The van der Waals surface area contributed by atoms with Crippen LogP contribution in [0.15, 0.2) is 164 Å². The predicted octanol–water partition coefficient (Wildman–Crippen LogP) is 11.1. The number of fused-ring (bicyclic) bond motifs is 3. The Morgan fingerprint density at radius 1 is 0.364 bits per heavy atom. The molecule has 7 heteroatoms. The zero-order valence-corrected chi connectivity index (χ0v) is 32.9. The fourth-order valence-electron chi connectivity index (χ4n) is 6.06. The first-order chi connectivity index (χ1) is 26.6. The molecule has 0 saturated heterocycles. The molecule has 6 nitrogen and oxygen atoms in total. The summed E-state index contributed by atoms with van der Waals surface area (Å²) in [6.07, 6.45) is 5.49. The molecule has 55 heavy (non-hydrogen) atoms. The van der Waals surface area contributed by atoms with Gasteiger partial charge in [-0.05, 0) is 67.6 Å². The largest absolute Gasteiger partial charge is 0.540 e. The Bertz CT molecular complexity index is 2310. The summed E-state index contributed by atoms with van der Waals surface area (Å²) in [6, 6.07) is 57.6. The number of benzene rings is 6. The van der Waals surface area contributed by atoms with E-state index in [1.165, 1.54) is 16.2 Å². The number of nitrogens with zero attached hydrogens (tertiary/aromatic N) is 3. The average molecular weight is 895 g/mol. The summed E-state index contributed by atoms with van der Waals surface area (Å²) in [5.41, 5.74) is 5.80. The molecule has 273 valence electrons. The van der Waals surface area contributed by atoms with Gasteiger partial charge in [-0.3, -0.25) is 0 Å². The number of ether oxygens (including phenoxy) is 3. The van der Waals surface area contributed by atoms with Crippen molar-refractivity contribution in [3.8, 4) is 51.0 Å². The minimum atomic E-state index is 0. The standard InChI is InChI=1S/3C16H12NO.Ir/c3*1-18-14-8-6-13(7-9-14)16-15-5-3-2-4-12(15)10-11-17-16;/h3*2-6,8-11H,1H3;/q3*-1;. The maximum atomic E-state index is 5.14. The van der Waals surface area contributed by atoms with Gasteiger partial charge in [0.15, 0.2) is 0 Å². The van der Waals surface area contributed by atoms with Crippen molar-refractivity contribution in [1.82, 2.24) is 15.0 Å². The Labute approximate surface area is 334 Å². The molecule has 0 aliphatic rings. The van der Waals surface area contributed by atoms with Crippen LogP contribution in [0.1, 0.15) is 0 Å². The van der Waals surface area contributed by atoms with Gasteiger partial charge in [-0.1, -0.05) is 72.8 Å². The Kier molecular flexibility index (Phi) is 12.9. The van der Waals surface area contributed by atoms with Crippen LogP contribution in [-0.4, -0.2) is 36.3 Å². The van der Waals surface area contributed by atoms with Crippen LogP contribution >= 0.6 is 0 Å². The van der Waals surface area contributed by atoms with Crippen molar-refractivity contribution in [1.29, 1.82) is 0 Å². The van der Waals surface area contributed by atoms with Gasteiger partial charge in [0.1, 0.15) is 0 Å². The summed E-state index contributed by atoms with van der Waals surface area (Å²) < 4.78 is 15.4. The monoisotopic (exact) mass is 895 g/mol. The van der Waals surface area contributed by atoms with Crippen molar-refractivity contribution in [2.45, 2.75) is 0 Å². The van der Waals surface area contributed by atoms with E-state index in [0.717, 1.165) is 67.2 Å². The van der Waals surface area contributed by atoms with Crippen molar-refractivity contribution in [2.24, 2.45) is 0 Å². The van der Waals surface area contributed by atoms with Crippen LogP contribution in [0.3, 0.4) is 0 Å². The van der Waals surface area contributed by atoms with Crippen LogP contribution < -0.4 is 14.2 Å². The molecular formula is C48H36IrN3O3-3. The predicted molar refractivity (Wildman–Crippen MR) is 218 cm³/mol. The second kappa shape index (κ2) is 18.6. The Morgan fingerprint density at radius 2 is 0.655 bits per heavy atom. The fraction of sp³-hybridized carbons (Fsp3) is 0.0625. The van der Waals surface area contributed by atoms with E-state index < -0.39 is 0 Å². The molecule has 1 radical (unpaired) electrons. The van der Waals surface area contributed by atoms with E-state index in [4.69, 9.17) is 14.2 Å². The molecule has 6 aromatic carbocycles. The maximum Gasteiger partial charge on any atom is 0.0647 e. The van der Waals surface area contributed by atoms with Gasteiger partial charge in [-0.15, -0.1) is 89.5 Å². The number of hydrogen-bond donors (Lipinski definition) is 0. The summed E-state index contributed by atoms with van der Waals surface area (Å²) in [4.78, 5) is 13.4. The van der Waals surface area contributed by atoms with Gasteiger partial charge in [0.2, 0.25) is 0 Å². The van der Waals surface area contributed by atoms with Gasteiger partial charge >= 0.3 is 0 Å².